The summed E-state index contributed by atoms with van der Waals surface area (Å²) in [5, 5.41) is 0. The molecule has 0 amide bonds. The van der Waals surface area contributed by atoms with Crippen LogP contribution in [0.5, 0.6) is 5.75 Å². The van der Waals surface area contributed by atoms with E-state index in [1.807, 2.05) is 31.2 Å². The minimum absolute atomic E-state index is 0.467. The summed E-state index contributed by atoms with van der Waals surface area (Å²) in [6.45, 7) is 6.79. The topological polar surface area (TPSA) is 18.5 Å². The van der Waals surface area contributed by atoms with E-state index >= 15 is 0 Å². The van der Waals surface area contributed by atoms with E-state index in [0.717, 1.165) is 11.3 Å². The van der Waals surface area contributed by atoms with Crippen LogP contribution in [0.2, 0.25) is 0 Å². The average molecular weight is 247 g/mol. The minimum Gasteiger partial charge on any atom is -0.436 e. The quantitative estimate of drug-likeness (QED) is 0.712. The summed E-state index contributed by atoms with van der Waals surface area (Å²) >= 11 is 5.93. The summed E-state index contributed by atoms with van der Waals surface area (Å²) in [7, 11) is -1.33. The Balaban J connectivity index is 2.40. The molecule has 0 N–H and O–H groups in total. The molecule has 0 heterocycles. The van der Waals surface area contributed by atoms with Crippen LogP contribution in [0.1, 0.15) is 19.4 Å². The first kappa shape index (κ1) is 12.8. The Labute approximate surface area is 97.3 Å². The maximum Gasteiger partial charge on any atom is 0.338 e. The molecular formula is C11H16ClO2P. The number of rotatable bonds is 5. The Morgan fingerprint density at radius 3 is 2.73 bits per heavy atom. The molecule has 0 aliphatic carbocycles. The monoisotopic (exact) mass is 246 g/mol. The van der Waals surface area contributed by atoms with Crippen molar-refractivity contribution in [1.29, 1.82) is 0 Å². The van der Waals surface area contributed by atoms with E-state index in [2.05, 4.69) is 13.8 Å². The van der Waals surface area contributed by atoms with Crippen LogP contribution in [0, 0.1) is 12.8 Å². The largest absolute Gasteiger partial charge is 0.436 e. The van der Waals surface area contributed by atoms with Crippen LogP contribution in [0.3, 0.4) is 0 Å². The van der Waals surface area contributed by atoms with Gasteiger partial charge in [-0.3, -0.25) is 0 Å². The van der Waals surface area contributed by atoms with Crippen molar-refractivity contribution in [2.75, 3.05) is 6.61 Å². The molecule has 0 aliphatic heterocycles. The molecule has 4 heteroatoms. The molecule has 0 fully saturated rings. The molecule has 2 nitrogen and oxygen atoms in total. The van der Waals surface area contributed by atoms with E-state index in [1.165, 1.54) is 0 Å². The van der Waals surface area contributed by atoms with Gasteiger partial charge in [-0.25, -0.2) is 0 Å². The third-order valence-corrected chi connectivity index (χ3v) is 2.88. The maximum absolute atomic E-state index is 5.93. The second-order valence-corrected chi connectivity index (χ2v) is 5.50. The molecule has 0 aliphatic rings. The number of halogens is 1. The standard InChI is InChI=1S/C11H16ClO2P/c1-9(2)8-13-15(12)14-11-6-4-5-10(3)7-11/h4-7,9H,8H2,1-3H3. The Kier molecular flexibility index (Phi) is 5.38. The van der Waals surface area contributed by atoms with Crippen LogP contribution in [0.25, 0.3) is 0 Å². The van der Waals surface area contributed by atoms with E-state index in [1.54, 1.807) is 0 Å². The lowest BCUT2D eigenvalue weighted by Crippen LogP contribution is -1.98. The highest BCUT2D eigenvalue weighted by Gasteiger charge is 2.09. The number of aryl methyl sites for hydroxylation is 1. The summed E-state index contributed by atoms with van der Waals surface area (Å²) in [5.41, 5.74) is 1.15. The minimum atomic E-state index is -1.33. The van der Waals surface area contributed by atoms with Crippen molar-refractivity contribution in [3.05, 3.63) is 29.8 Å². The summed E-state index contributed by atoms with van der Waals surface area (Å²) in [5.74, 6) is 1.23. The normalized spacial score (nSPS) is 12.9. The molecule has 0 saturated heterocycles. The number of hydrogen-bond donors (Lipinski definition) is 0. The molecule has 1 aromatic carbocycles. The molecule has 0 aromatic heterocycles. The SMILES string of the molecule is Cc1cccc(OP(Cl)OCC(C)C)c1. The lowest BCUT2D eigenvalue weighted by Gasteiger charge is -2.13. The van der Waals surface area contributed by atoms with Crippen molar-refractivity contribution in [3.63, 3.8) is 0 Å². The zero-order valence-corrected chi connectivity index (χ0v) is 10.9. The molecule has 0 saturated carbocycles. The van der Waals surface area contributed by atoms with Crippen LogP contribution in [0.15, 0.2) is 24.3 Å². The first-order valence-corrected chi connectivity index (χ1v) is 6.99. The number of hydrogen-bond acceptors (Lipinski definition) is 2. The van der Waals surface area contributed by atoms with Crippen LogP contribution >= 0.6 is 19.0 Å². The fourth-order valence-corrected chi connectivity index (χ4v) is 2.14. The predicted molar refractivity (Wildman–Crippen MR) is 65.4 cm³/mol. The summed E-state index contributed by atoms with van der Waals surface area (Å²) in [6.07, 6.45) is 0. The van der Waals surface area contributed by atoms with Crippen LogP contribution in [-0.2, 0) is 4.52 Å². The molecule has 1 rings (SSSR count). The van der Waals surface area contributed by atoms with Crippen LogP contribution in [-0.4, -0.2) is 6.61 Å². The highest BCUT2D eigenvalue weighted by molar-refractivity contribution is 7.76. The third kappa shape index (κ3) is 5.36. The maximum atomic E-state index is 5.93. The van der Waals surface area contributed by atoms with E-state index in [9.17, 15) is 0 Å². The van der Waals surface area contributed by atoms with Gasteiger partial charge in [0, 0.05) is 0 Å². The van der Waals surface area contributed by atoms with E-state index < -0.39 is 7.73 Å². The van der Waals surface area contributed by atoms with Crippen molar-refractivity contribution < 1.29 is 9.05 Å². The first-order valence-electron chi connectivity index (χ1n) is 4.91. The summed E-state index contributed by atoms with van der Waals surface area (Å²) in [6, 6.07) is 7.77. The van der Waals surface area contributed by atoms with E-state index in [-0.39, 0.29) is 0 Å². The molecule has 0 radical (unpaired) electrons. The van der Waals surface area contributed by atoms with Gasteiger partial charge in [-0.1, -0.05) is 26.0 Å². The van der Waals surface area contributed by atoms with E-state index in [4.69, 9.17) is 20.3 Å². The first-order chi connectivity index (χ1) is 7.08. The van der Waals surface area contributed by atoms with Crippen molar-refractivity contribution >= 4 is 19.0 Å². The summed E-state index contributed by atoms with van der Waals surface area (Å²) in [4.78, 5) is 0. The zero-order valence-electron chi connectivity index (χ0n) is 9.24. The van der Waals surface area contributed by atoms with Crippen LogP contribution < -0.4 is 4.52 Å². The molecule has 1 unspecified atom stereocenters. The highest BCUT2D eigenvalue weighted by Crippen LogP contribution is 2.44. The second kappa shape index (κ2) is 6.32. The fourth-order valence-electron chi connectivity index (χ4n) is 0.989. The highest BCUT2D eigenvalue weighted by atomic mass is 35.7. The van der Waals surface area contributed by atoms with Crippen LogP contribution in [0.4, 0.5) is 0 Å². The van der Waals surface area contributed by atoms with Crippen molar-refractivity contribution in [2.45, 2.75) is 20.8 Å². The predicted octanol–water partition coefficient (Wildman–Crippen LogP) is 4.51. The van der Waals surface area contributed by atoms with E-state index in [0.29, 0.717) is 12.5 Å². The zero-order chi connectivity index (χ0) is 11.3. The van der Waals surface area contributed by atoms with Gasteiger partial charge in [0.2, 0.25) is 0 Å². The smallest absolute Gasteiger partial charge is 0.338 e. The molecular weight excluding hydrogens is 231 g/mol. The molecule has 1 atom stereocenters. The lowest BCUT2D eigenvalue weighted by atomic mass is 10.2. The molecule has 0 bridgehead atoms. The van der Waals surface area contributed by atoms with Gasteiger partial charge in [0.25, 0.3) is 0 Å². The van der Waals surface area contributed by atoms with Crippen molar-refractivity contribution in [2.24, 2.45) is 5.92 Å². The van der Waals surface area contributed by atoms with Gasteiger partial charge >= 0.3 is 7.73 Å². The molecule has 15 heavy (non-hydrogen) atoms. The number of benzene rings is 1. The van der Waals surface area contributed by atoms with Crippen molar-refractivity contribution in [3.8, 4) is 5.75 Å². The molecule has 84 valence electrons. The van der Waals surface area contributed by atoms with Gasteiger partial charge in [0.15, 0.2) is 0 Å². The second-order valence-electron chi connectivity index (χ2n) is 3.81. The Morgan fingerprint density at radius 2 is 2.13 bits per heavy atom. The Hall–Kier alpha value is -0.300. The molecule has 0 spiro atoms. The van der Waals surface area contributed by atoms with Gasteiger partial charge in [-0.05, 0) is 41.8 Å². The van der Waals surface area contributed by atoms with Gasteiger partial charge in [0.05, 0.1) is 6.61 Å². The van der Waals surface area contributed by atoms with Crippen molar-refractivity contribution in [1.82, 2.24) is 0 Å². The molecule has 1 aromatic rings. The average Bonchev–Trinajstić information content (AvgIpc) is 2.15. The summed E-state index contributed by atoms with van der Waals surface area (Å²) < 4.78 is 10.8. The fraction of sp³-hybridized carbons (Fsp3) is 0.455. The third-order valence-electron chi connectivity index (χ3n) is 1.68. The lowest BCUT2D eigenvalue weighted by molar-refractivity contribution is 0.279. The van der Waals surface area contributed by atoms with Gasteiger partial charge in [-0.2, -0.15) is 0 Å². The van der Waals surface area contributed by atoms with Gasteiger partial charge in [-0.15, -0.1) is 0 Å². The Bertz CT molecular complexity index is 304. The van der Waals surface area contributed by atoms with Gasteiger partial charge in [0.1, 0.15) is 5.75 Å². The van der Waals surface area contributed by atoms with Gasteiger partial charge < -0.3 is 9.05 Å². The Morgan fingerprint density at radius 1 is 1.40 bits per heavy atom.